The number of aliphatic hydroxyl groups is 1. The molecule has 0 radical (unpaired) electrons. The summed E-state index contributed by atoms with van der Waals surface area (Å²) in [6.45, 7) is 1.20. The third-order valence-corrected chi connectivity index (χ3v) is 3.11. The fourth-order valence-corrected chi connectivity index (χ4v) is 2.19. The highest BCUT2D eigenvalue weighted by Gasteiger charge is 2.14. The summed E-state index contributed by atoms with van der Waals surface area (Å²) < 4.78 is 7.08. The summed E-state index contributed by atoms with van der Waals surface area (Å²) in [5, 5.41) is 13.3. The fourth-order valence-electron chi connectivity index (χ4n) is 2.19. The molecule has 1 aliphatic rings. The number of hydrogen-bond donors (Lipinski definition) is 2. The van der Waals surface area contributed by atoms with Gasteiger partial charge in [0.15, 0.2) is 0 Å². The van der Waals surface area contributed by atoms with Crippen molar-refractivity contribution in [1.82, 2.24) is 9.78 Å². The van der Waals surface area contributed by atoms with E-state index in [4.69, 9.17) is 15.6 Å². The van der Waals surface area contributed by atoms with Gasteiger partial charge >= 0.3 is 0 Å². The first-order valence-electron chi connectivity index (χ1n) is 5.98. The normalized spacial score (nSPS) is 13.4. The van der Waals surface area contributed by atoms with Crippen molar-refractivity contribution in [2.24, 2.45) is 0 Å². The second kappa shape index (κ2) is 4.34. The Kier molecular flexibility index (Phi) is 2.68. The molecule has 0 spiro atoms. The molecule has 0 unspecified atom stereocenters. The molecular formula is C13H15N3O2. The van der Waals surface area contributed by atoms with Crippen LogP contribution in [0.5, 0.6) is 5.75 Å². The lowest BCUT2D eigenvalue weighted by Gasteiger charge is -2.01. The van der Waals surface area contributed by atoms with Crippen LogP contribution in [0.25, 0.3) is 11.3 Å². The maximum Gasteiger partial charge on any atom is 0.122 e. The van der Waals surface area contributed by atoms with Gasteiger partial charge in [-0.15, -0.1) is 0 Å². The van der Waals surface area contributed by atoms with Crippen LogP contribution in [0.2, 0.25) is 0 Å². The van der Waals surface area contributed by atoms with Crippen LogP contribution in [0.1, 0.15) is 5.56 Å². The smallest absolute Gasteiger partial charge is 0.122 e. The fraction of sp³-hybridized carbons (Fsp3) is 0.308. The Morgan fingerprint density at radius 1 is 1.39 bits per heavy atom. The minimum Gasteiger partial charge on any atom is -0.493 e. The molecule has 3 rings (SSSR count). The Hall–Kier alpha value is -2.01. The van der Waals surface area contributed by atoms with E-state index in [2.05, 4.69) is 11.2 Å². The van der Waals surface area contributed by atoms with Crippen LogP contribution >= 0.6 is 0 Å². The van der Waals surface area contributed by atoms with Gasteiger partial charge in [-0.2, -0.15) is 5.10 Å². The molecule has 0 atom stereocenters. The first-order chi connectivity index (χ1) is 8.78. The highest BCUT2D eigenvalue weighted by molar-refractivity contribution is 5.65. The first kappa shape index (κ1) is 11.1. The number of benzene rings is 1. The molecule has 0 saturated heterocycles. The Morgan fingerprint density at radius 2 is 2.28 bits per heavy atom. The molecule has 1 aromatic heterocycles. The van der Waals surface area contributed by atoms with Crippen molar-refractivity contribution in [3.05, 3.63) is 29.8 Å². The van der Waals surface area contributed by atoms with Crippen LogP contribution in [0, 0.1) is 0 Å². The first-order valence-corrected chi connectivity index (χ1v) is 5.98. The second-order valence-electron chi connectivity index (χ2n) is 4.32. The van der Waals surface area contributed by atoms with Crippen molar-refractivity contribution in [1.29, 1.82) is 0 Å². The van der Waals surface area contributed by atoms with Crippen molar-refractivity contribution >= 4 is 5.82 Å². The monoisotopic (exact) mass is 245 g/mol. The minimum absolute atomic E-state index is 0.0311. The van der Waals surface area contributed by atoms with E-state index in [-0.39, 0.29) is 6.61 Å². The molecule has 1 aromatic carbocycles. The summed E-state index contributed by atoms with van der Waals surface area (Å²) in [5.74, 6) is 1.53. The van der Waals surface area contributed by atoms with Crippen molar-refractivity contribution in [3.63, 3.8) is 0 Å². The molecule has 0 fully saturated rings. The zero-order valence-electron chi connectivity index (χ0n) is 9.97. The molecule has 18 heavy (non-hydrogen) atoms. The zero-order chi connectivity index (χ0) is 12.5. The topological polar surface area (TPSA) is 73.3 Å². The summed E-state index contributed by atoms with van der Waals surface area (Å²) in [7, 11) is 0. The van der Waals surface area contributed by atoms with E-state index in [1.165, 1.54) is 5.56 Å². The van der Waals surface area contributed by atoms with Crippen LogP contribution in [-0.2, 0) is 13.0 Å². The van der Waals surface area contributed by atoms with Gasteiger partial charge in [0, 0.05) is 18.1 Å². The summed E-state index contributed by atoms with van der Waals surface area (Å²) in [6.07, 6.45) is 0.940. The Bertz CT molecular complexity index is 578. The van der Waals surface area contributed by atoms with Crippen molar-refractivity contribution in [2.45, 2.75) is 13.0 Å². The van der Waals surface area contributed by atoms with Gasteiger partial charge in [-0.05, 0) is 23.8 Å². The molecule has 0 bridgehead atoms. The summed E-state index contributed by atoms with van der Waals surface area (Å²) in [6, 6.07) is 7.87. The lowest BCUT2D eigenvalue weighted by Crippen LogP contribution is -2.07. The number of hydrogen-bond acceptors (Lipinski definition) is 4. The van der Waals surface area contributed by atoms with Crippen molar-refractivity contribution in [3.8, 4) is 17.0 Å². The number of anilines is 1. The molecule has 0 aliphatic carbocycles. The van der Waals surface area contributed by atoms with Gasteiger partial charge in [0.05, 0.1) is 25.5 Å². The summed E-state index contributed by atoms with van der Waals surface area (Å²) in [4.78, 5) is 0. The molecule has 1 aliphatic heterocycles. The average molecular weight is 245 g/mol. The average Bonchev–Trinajstić information content (AvgIpc) is 2.96. The number of aromatic nitrogens is 2. The molecule has 3 N–H and O–H groups in total. The van der Waals surface area contributed by atoms with E-state index >= 15 is 0 Å². The van der Waals surface area contributed by atoms with E-state index < -0.39 is 0 Å². The maximum atomic E-state index is 8.92. The molecule has 5 nitrogen and oxygen atoms in total. The van der Waals surface area contributed by atoms with Crippen LogP contribution < -0.4 is 10.5 Å². The standard InChI is InChI=1S/C13H15N3O2/c14-13-8-11(15-16(13)4-5-17)9-1-2-12-10(7-9)3-6-18-12/h1-2,7-8,17H,3-6,14H2. The quantitative estimate of drug-likeness (QED) is 0.848. The van der Waals surface area contributed by atoms with Crippen LogP contribution in [-0.4, -0.2) is 28.1 Å². The third kappa shape index (κ3) is 1.82. The van der Waals surface area contributed by atoms with Gasteiger partial charge < -0.3 is 15.6 Å². The van der Waals surface area contributed by atoms with E-state index in [0.717, 1.165) is 30.0 Å². The van der Waals surface area contributed by atoms with Crippen LogP contribution in [0.15, 0.2) is 24.3 Å². The van der Waals surface area contributed by atoms with E-state index in [1.807, 2.05) is 18.2 Å². The van der Waals surface area contributed by atoms with Crippen LogP contribution in [0.4, 0.5) is 5.82 Å². The highest BCUT2D eigenvalue weighted by atomic mass is 16.5. The SMILES string of the molecule is Nc1cc(-c2ccc3c(c2)CCO3)nn1CCO. The maximum absolute atomic E-state index is 8.92. The van der Waals surface area contributed by atoms with Gasteiger partial charge in [0.25, 0.3) is 0 Å². The van der Waals surface area contributed by atoms with Gasteiger partial charge in [-0.25, -0.2) is 4.68 Å². The molecule has 2 heterocycles. The van der Waals surface area contributed by atoms with Gasteiger partial charge in [-0.3, -0.25) is 0 Å². The summed E-state index contributed by atoms with van der Waals surface area (Å²) >= 11 is 0. The molecule has 2 aromatic rings. The van der Waals surface area contributed by atoms with Crippen molar-refractivity contribution in [2.75, 3.05) is 18.9 Å². The number of fused-ring (bicyclic) bond motifs is 1. The number of nitrogen functional groups attached to an aromatic ring is 1. The Balaban J connectivity index is 1.97. The Labute approximate surface area is 105 Å². The van der Waals surface area contributed by atoms with E-state index in [1.54, 1.807) is 4.68 Å². The largest absolute Gasteiger partial charge is 0.493 e. The van der Waals surface area contributed by atoms with Crippen LogP contribution in [0.3, 0.4) is 0 Å². The molecule has 0 saturated carbocycles. The Morgan fingerprint density at radius 3 is 3.11 bits per heavy atom. The molecule has 5 heteroatoms. The van der Waals surface area contributed by atoms with E-state index in [0.29, 0.717) is 12.4 Å². The predicted octanol–water partition coefficient (Wildman–Crippen LogP) is 1.06. The lowest BCUT2D eigenvalue weighted by atomic mass is 10.1. The van der Waals surface area contributed by atoms with Gasteiger partial charge in [-0.1, -0.05) is 0 Å². The van der Waals surface area contributed by atoms with Gasteiger partial charge in [0.1, 0.15) is 11.6 Å². The number of aliphatic hydroxyl groups excluding tert-OH is 1. The van der Waals surface area contributed by atoms with E-state index in [9.17, 15) is 0 Å². The minimum atomic E-state index is 0.0311. The number of rotatable bonds is 3. The molecule has 0 amide bonds. The molecule has 94 valence electrons. The zero-order valence-corrected chi connectivity index (χ0v) is 9.97. The van der Waals surface area contributed by atoms with Crippen molar-refractivity contribution < 1.29 is 9.84 Å². The third-order valence-electron chi connectivity index (χ3n) is 3.11. The summed E-state index contributed by atoms with van der Waals surface area (Å²) in [5.41, 5.74) is 8.91. The van der Waals surface area contributed by atoms with Gasteiger partial charge in [0.2, 0.25) is 0 Å². The number of nitrogens with two attached hydrogens (primary N) is 1. The predicted molar refractivity (Wildman–Crippen MR) is 68.4 cm³/mol. The number of ether oxygens (including phenoxy) is 1. The second-order valence-corrected chi connectivity index (χ2v) is 4.32. The molecular weight excluding hydrogens is 230 g/mol. The lowest BCUT2D eigenvalue weighted by molar-refractivity contribution is 0.270. The highest BCUT2D eigenvalue weighted by Crippen LogP contribution is 2.30. The number of nitrogens with zero attached hydrogens (tertiary/aromatic N) is 2.